The summed E-state index contributed by atoms with van der Waals surface area (Å²) < 4.78 is 5.22. The Morgan fingerprint density at radius 2 is 1.79 bits per heavy atom. The zero-order valence-corrected chi connectivity index (χ0v) is 12.6. The molecule has 0 atom stereocenters. The third-order valence-corrected chi connectivity index (χ3v) is 2.60. The SMILES string of the molecule is CC(C)NCCOCC(=O)NCCCC(=O)C(C)C. The fraction of sp³-hybridized carbons (Fsp3) is 0.857. The standard InChI is InChI=1S/C14H28N2O3/c1-11(2)13(17)6-5-7-16-14(18)10-19-9-8-15-12(3)4/h11-12,15H,5-10H2,1-4H3,(H,16,18). The van der Waals surface area contributed by atoms with Crippen molar-refractivity contribution in [2.45, 2.75) is 46.6 Å². The number of carbonyl (C=O) groups excluding carboxylic acids is 2. The maximum Gasteiger partial charge on any atom is 0.245 e. The maximum atomic E-state index is 11.4. The average molecular weight is 272 g/mol. The highest BCUT2D eigenvalue weighted by molar-refractivity contribution is 5.80. The Balaban J connectivity index is 3.38. The number of amides is 1. The first-order chi connectivity index (χ1) is 8.93. The molecule has 0 heterocycles. The van der Waals surface area contributed by atoms with Gasteiger partial charge in [0, 0.05) is 31.5 Å². The number of ether oxygens (including phenoxy) is 1. The molecule has 0 aliphatic rings. The summed E-state index contributed by atoms with van der Waals surface area (Å²) >= 11 is 0. The fourth-order valence-corrected chi connectivity index (χ4v) is 1.41. The van der Waals surface area contributed by atoms with Gasteiger partial charge in [0.05, 0.1) is 6.61 Å². The molecule has 112 valence electrons. The number of Topliss-reactive ketones (excluding diaryl/α,β-unsaturated/α-hetero) is 1. The number of hydrogen-bond donors (Lipinski definition) is 2. The van der Waals surface area contributed by atoms with Crippen LogP contribution in [0.2, 0.25) is 0 Å². The fourth-order valence-electron chi connectivity index (χ4n) is 1.41. The van der Waals surface area contributed by atoms with E-state index in [0.717, 1.165) is 6.54 Å². The van der Waals surface area contributed by atoms with E-state index in [1.807, 2.05) is 13.8 Å². The summed E-state index contributed by atoms with van der Waals surface area (Å²) in [6.45, 7) is 9.78. The molecule has 0 unspecified atom stereocenters. The van der Waals surface area contributed by atoms with Crippen molar-refractivity contribution in [1.82, 2.24) is 10.6 Å². The highest BCUT2D eigenvalue weighted by Gasteiger charge is 2.07. The summed E-state index contributed by atoms with van der Waals surface area (Å²) in [6, 6.07) is 0.427. The van der Waals surface area contributed by atoms with Crippen LogP contribution in [0.1, 0.15) is 40.5 Å². The molecule has 0 rings (SSSR count). The van der Waals surface area contributed by atoms with Crippen LogP contribution in [-0.4, -0.2) is 44.0 Å². The minimum atomic E-state index is -0.124. The third-order valence-electron chi connectivity index (χ3n) is 2.60. The Morgan fingerprint density at radius 3 is 2.37 bits per heavy atom. The van der Waals surface area contributed by atoms with Crippen LogP contribution in [-0.2, 0) is 14.3 Å². The van der Waals surface area contributed by atoms with Gasteiger partial charge in [-0.1, -0.05) is 27.7 Å². The van der Waals surface area contributed by atoms with Crippen LogP contribution >= 0.6 is 0 Å². The largest absolute Gasteiger partial charge is 0.370 e. The number of carbonyl (C=O) groups is 2. The Kier molecular flexibility index (Phi) is 10.4. The van der Waals surface area contributed by atoms with E-state index < -0.39 is 0 Å². The second-order valence-corrected chi connectivity index (χ2v) is 5.24. The lowest BCUT2D eigenvalue weighted by Crippen LogP contribution is -2.31. The molecule has 0 aromatic rings. The second kappa shape index (κ2) is 10.9. The molecular formula is C14H28N2O3. The van der Waals surface area contributed by atoms with Gasteiger partial charge >= 0.3 is 0 Å². The van der Waals surface area contributed by atoms with Crippen LogP contribution in [0.3, 0.4) is 0 Å². The lowest BCUT2D eigenvalue weighted by Gasteiger charge is -2.09. The minimum absolute atomic E-state index is 0.0764. The van der Waals surface area contributed by atoms with Gasteiger partial charge < -0.3 is 15.4 Å². The van der Waals surface area contributed by atoms with Crippen LogP contribution in [0.5, 0.6) is 0 Å². The van der Waals surface area contributed by atoms with E-state index in [1.54, 1.807) is 0 Å². The molecule has 0 radical (unpaired) electrons. The van der Waals surface area contributed by atoms with Gasteiger partial charge in [-0.2, -0.15) is 0 Å². The van der Waals surface area contributed by atoms with Crippen LogP contribution in [0, 0.1) is 5.92 Å². The van der Waals surface area contributed by atoms with Crippen molar-refractivity contribution >= 4 is 11.7 Å². The summed E-state index contributed by atoms with van der Waals surface area (Å²) in [5.74, 6) is 0.194. The molecule has 0 saturated carbocycles. The van der Waals surface area contributed by atoms with Crippen molar-refractivity contribution in [3.8, 4) is 0 Å². The maximum absolute atomic E-state index is 11.4. The van der Waals surface area contributed by atoms with E-state index in [1.165, 1.54) is 0 Å². The highest BCUT2D eigenvalue weighted by Crippen LogP contribution is 2.00. The lowest BCUT2D eigenvalue weighted by atomic mass is 10.1. The molecule has 0 aromatic carbocycles. The summed E-state index contributed by atoms with van der Waals surface area (Å²) in [6.07, 6.45) is 1.22. The molecule has 19 heavy (non-hydrogen) atoms. The zero-order valence-electron chi connectivity index (χ0n) is 12.6. The van der Waals surface area contributed by atoms with Gasteiger partial charge in [0.25, 0.3) is 0 Å². The van der Waals surface area contributed by atoms with E-state index in [9.17, 15) is 9.59 Å². The van der Waals surface area contributed by atoms with E-state index in [-0.39, 0.29) is 24.2 Å². The Morgan fingerprint density at radius 1 is 1.11 bits per heavy atom. The summed E-state index contributed by atoms with van der Waals surface area (Å²) in [4.78, 5) is 22.7. The quantitative estimate of drug-likeness (QED) is 0.553. The number of nitrogens with one attached hydrogen (secondary N) is 2. The minimum Gasteiger partial charge on any atom is -0.370 e. The van der Waals surface area contributed by atoms with Gasteiger partial charge in [0.1, 0.15) is 12.4 Å². The van der Waals surface area contributed by atoms with Crippen LogP contribution in [0.4, 0.5) is 0 Å². The van der Waals surface area contributed by atoms with Crippen molar-refractivity contribution in [3.05, 3.63) is 0 Å². The van der Waals surface area contributed by atoms with E-state index in [4.69, 9.17) is 4.74 Å². The molecule has 0 aliphatic heterocycles. The number of rotatable bonds is 11. The predicted octanol–water partition coefficient (Wildman–Crippen LogP) is 1.12. The van der Waals surface area contributed by atoms with Crippen LogP contribution in [0.25, 0.3) is 0 Å². The first-order valence-electron chi connectivity index (χ1n) is 7.04. The molecule has 0 spiro atoms. The van der Waals surface area contributed by atoms with Gasteiger partial charge in [-0.05, 0) is 6.42 Å². The molecule has 0 saturated heterocycles. The zero-order chi connectivity index (χ0) is 14.7. The van der Waals surface area contributed by atoms with Gasteiger partial charge in [-0.3, -0.25) is 9.59 Å². The van der Waals surface area contributed by atoms with Crippen molar-refractivity contribution < 1.29 is 14.3 Å². The normalized spacial score (nSPS) is 11.1. The summed E-state index contributed by atoms with van der Waals surface area (Å²) in [7, 11) is 0. The first-order valence-corrected chi connectivity index (χ1v) is 7.04. The lowest BCUT2D eigenvalue weighted by molar-refractivity contribution is -0.126. The molecule has 0 aromatic heterocycles. The van der Waals surface area contributed by atoms with E-state index >= 15 is 0 Å². The Hall–Kier alpha value is -0.940. The molecule has 2 N–H and O–H groups in total. The topological polar surface area (TPSA) is 67.4 Å². The van der Waals surface area contributed by atoms with Gasteiger partial charge in [-0.15, -0.1) is 0 Å². The smallest absolute Gasteiger partial charge is 0.245 e. The first kappa shape index (κ1) is 18.1. The Bertz CT molecular complexity index is 265. The molecule has 0 fully saturated rings. The predicted molar refractivity (Wildman–Crippen MR) is 76.0 cm³/mol. The summed E-state index contributed by atoms with van der Waals surface area (Å²) in [5.41, 5.74) is 0. The van der Waals surface area contributed by atoms with Crippen LogP contribution < -0.4 is 10.6 Å². The van der Waals surface area contributed by atoms with Crippen LogP contribution in [0.15, 0.2) is 0 Å². The van der Waals surface area contributed by atoms with Gasteiger partial charge in [0.15, 0.2) is 0 Å². The molecule has 5 nitrogen and oxygen atoms in total. The average Bonchev–Trinajstić information content (AvgIpc) is 2.33. The van der Waals surface area contributed by atoms with Gasteiger partial charge in [0.2, 0.25) is 5.91 Å². The van der Waals surface area contributed by atoms with E-state index in [0.29, 0.717) is 32.0 Å². The summed E-state index contributed by atoms with van der Waals surface area (Å²) in [5, 5.41) is 5.94. The molecular weight excluding hydrogens is 244 g/mol. The van der Waals surface area contributed by atoms with Crippen molar-refractivity contribution in [3.63, 3.8) is 0 Å². The Labute approximate surface area is 116 Å². The third kappa shape index (κ3) is 11.9. The molecule has 0 bridgehead atoms. The van der Waals surface area contributed by atoms with Gasteiger partial charge in [-0.25, -0.2) is 0 Å². The van der Waals surface area contributed by atoms with Crippen molar-refractivity contribution in [2.24, 2.45) is 5.92 Å². The van der Waals surface area contributed by atoms with Crippen molar-refractivity contribution in [2.75, 3.05) is 26.3 Å². The number of hydrogen-bond acceptors (Lipinski definition) is 4. The molecule has 0 aliphatic carbocycles. The monoisotopic (exact) mass is 272 g/mol. The molecule has 5 heteroatoms. The highest BCUT2D eigenvalue weighted by atomic mass is 16.5. The second-order valence-electron chi connectivity index (χ2n) is 5.24. The molecule has 1 amide bonds. The number of ketones is 1. The van der Waals surface area contributed by atoms with E-state index in [2.05, 4.69) is 24.5 Å². The van der Waals surface area contributed by atoms with Crippen molar-refractivity contribution in [1.29, 1.82) is 0 Å².